The summed E-state index contributed by atoms with van der Waals surface area (Å²) in [6.45, 7) is 0.851. The molecule has 0 aliphatic carbocycles. The molecule has 0 bridgehead atoms. The maximum atomic E-state index is 14.1. The number of rotatable bonds is 2. The molecule has 4 rings (SSSR count). The minimum absolute atomic E-state index is 0.147. The van der Waals surface area contributed by atoms with Crippen LogP contribution >= 0.6 is 0 Å². The number of hydrogen-bond donors (Lipinski definition) is 1. The van der Waals surface area contributed by atoms with Crippen molar-refractivity contribution in [3.63, 3.8) is 0 Å². The van der Waals surface area contributed by atoms with Gasteiger partial charge < -0.3 is 5.32 Å². The number of carbonyl (C=O) groups is 1. The summed E-state index contributed by atoms with van der Waals surface area (Å²) in [6.07, 6.45) is -3.79. The first-order valence-electron chi connectivity index (χ1n) is 8.00. The molecule has 1 N–H and O–H groups in total. The normalized spacial score (nSPS) is 14.0. The zero-order valence-corrected chi connectivity index (χ0v) is 13.9. The Morgan fingerprint density at radius 1 is 1.07 bits per heavy atom. The van der Waals surface area contributed by atoms with Gasteiger partial charge in [0.25, 0.3) is 5.91 Å². The van der Waals surface area contributed by atoms with Crippen LogP contribution in [0.1, 0.15) is 16.1 Å². The van der Waals surface area contributed by atoms with E-state index in [9.17, 15) is 26.7 Å². The number of carbonyl (C=O) groups excluding carboxylic acids is 1. The Hall–Kier alpha value is -3.37. The molecule has 0 saturated heterocycles. The van der Waals surface area contributed by atoms with Crippen LogP contribution in [0.2, 0.25) is 0 Å². The average Bonchev–Trinajstić information content (AvgIpc) is 3.06. The van der Waals surface area contributed by atoms with Crippen LogP contribution in [0.3, 0.4) is 0 Å². The summed E-state index contributed by atoms with van der Waals surface area (Å²) in [4.78, 5) is 19.7. The molecule has 0 radical (unpaired) electrons. The number of nitrogens with zero attached hydrogens (tertiary/aromatic N) is 4. The van der Waals surface area contributed by atoms with Crippen LogP contribution < -0.4 is 5.32 Å². The number of hydrogen-bond acceptors (Lipinski definition) is 4. The zero-order valence-electron chi connectivity index (χ0n) is 13.9. The van der Waals surface area contributed by atoms with Crippen molar-refractivity contribution >= 4 is 5.91 Å². The van der Waals surface area contributed by atoms with E-state index in [1.54, 1.807) is 0 Å². The van der Waals surface area contributed by atoms with E-state index in [4.69, 9.17) is 0 Å². The Morgan fingerprint density at radius 2 is 1.86 bits per heavy atom. The SMILES string of the molecule is O=C1NCCn2nc(-c3ccnc(-c4cc(C(F)(F)F)c(F)cc4F)n3)cc21. The highest BCUT2D eigenvalue weighted by Gasteiger charge is 2.35. The number of benzene rings is 1. The Balaban J connectivity index is 1.79. The molecule has 0 fully saturated rings. The Labute approximate surface area is 154 Å². The van der Waals surface area contributed by atoms with Gasteiger partial charge in [-0.1, -0.05) is 0 Å². The van der Waals surface area contributed by atoms with Crippen molar-refractivity contribution in [2.24, 2.45) is 0 Å². The predicted molar refractivity (Wildman–Crippen MR) is 85.9 cm³/mol. The first kappa shape index (κ1) is 18.0. The highest BCUT2D eigenvalue weighted by Crippen LogP contribution is 2.35. The van der Waals surface area contributed by atoms with E-state index in [2.05, 4.69) is 20.4 Å². The van der Waals surface area contributed by atoms with Crippen molar-refractivity contribution in [2.75, 3.05) is 6.54 Å². The average molecular weight is 395 g/mol. The third-order valence-electron chi connectivity index (χ3n) is 4.14. The molecular formula is C17H10F5N5O. The van der Waals surface area contributed by atoms with Gasteiger partial charge in [0.05, 0.1) is 23.4 Å². The molecule has 1 aromatic carbocycles. The number of amides is 1. The second-order valence-electron chi connectivity index (χ2n) is 5.97. The Kier molecular flexibility index (Phi) is 4.09. The second kappa shape index (κ2) is 6.36. The maximum absolute atomic E-state index is 14.1. The zero-order chi connectivity index (χ0) is 20.1. The van der Waals surface area contributed by atoms with Crippen molar-refractivity contribution in [3.05, 3.63) is 53.4 Å². The van der Waals surface area contributed by atoms with E-state index in [0.717, 1.165) is 0 Å². The Bertz CT molecular complexity index is 1090. The number of nitrogens with one attached hydrogen (secondary N) is 1. The van der Waals surface area contributed by atoms with Crippen molar-refractivity contribution in [2.45, 2.75) is 12.7 Å². The van der Waals surface area contributed by atoms with E-state index in [1.807, 2.05) is 0 Å². The molecule has 11 heteroatoms. The van der Waals surface area contributed by atoms with Gasteiger partial charge in [0.1, 0.15) is 23.0 Å². The third kappa shape index (κ3) is 3.08. The summed E-state index contributed by atoms with van der Waals surface area (Å²) in [5.74, 6) is -3.64. The minimum Gasteiger partial charge on any atom is -0.349 e. The van der Waals surface area contributed by atoms with Crippen molar-refractivity contribution in [3.8, 4) is 22.8 Å². The van der Waals surface area contributed by atoms with Crippen LogP contribution in [0.15, 0.2) is 30.5 Å². The predicted octanol–water partition coefficient (Wildman–Crippen LogP) is 3.05. The fraction of sp³-hybridized carbons (Fsp3) is 0.176. The van der Waals surface area contributed by atoms with Gasteiger partial charge >= 0.3 is 6.18 Å². The third-order valence-corrected chi connectivity index (χ3v) is 4.14. The maximum Gasteiger partial charge on any atom is 0.419 e. The molecule has 1 aliphatic rings. The van der Waals surface area contributed by atoms with Gasteiger partial charge in [-0.05, 0) is 18.2 Å². The molecule has 1 amide bonds. The largest absolute Gasteiger partial charge is 0.419 e. The lowest BCUT2D eigenvalue weighted by Crippen LogP contribution is -2.35. The highest BCUT2D eigenvalue weighted by molar-refractivity contribution is 5.94. The van der Waals surface area contributed by atoms with Gasteiger partial charge in [-0.25, -0.2) is 18.7 Å². The van der Waals surface area contributed by atoms with E-state index in [-0.39, 0.29) is 29.2 Å². The van der Waals surface area contributed by atoms with Gasteiger partial charge in [0, 0.05) is 18.8 Å². The van der Waals surface area contributed by atoms with Gasteiger partial charge in [0.15, 0.2) is 5.82 Å². The van der Waals surface area contributed by atoms with Crippen molar-refractivity contribution in [1.82, 2.24) is 25.1 Å². The first-order chi connectivity index (χ1) is 13.2. The van der Waals surface area contributed by atoms with E-state index < -0.39 is 28.9 Å². The summed E-state index contributed by atoms with van der Waals surface area (Å²) >= 11 is 0. The van der Waals surface area contributed by atoms with E-state index in [1.165, 1.54) is 23.0 Å². The van der Waals surface area contributed by atoms with Crippen LogP contribution in [0.25, 0.3) is 22.8 Å². The molecule has 144 valence electrons. The van der Waals surface area contributed by atoms with Crippen LogP contribution in [0.4, 0.5) is 22.0 Å². The summed E-state index contributed by atoms with van der Waals surface area (Å²) in [5.41, 5.74) is -1.47. The lowest BCUT2D eigenvalue weighted by molar-refractivity contribution is -0.140. The molecule has 3 aromatic rings. The fourth-order valence-corrected chi connectivity index (χ4v) is 2.83. The smallest absolute Gasteiger partial charge is 0.349 e. The molecule has 0 spiro atoms. The summed E-state index contributed by atoms with van der Waals surface area (Å²) in [6, 6.07) is 3.36. The summed E-state index contributed by atoms with van der Waals surface area (Å²) < 4.78 is 67.9. The highest BCUT2D eigenvalue weighted by atomic mass is 19.4. The topological polar surface area (TPSA) is 72.7 Å². The molecule has 0 unspecified atom stereocenters. The van der Waals surface area contributed by atoms with Gasteiger partial charge in [-0.3, -0.25) is 9.48 Å². The van der Waals surface area contributed by atoms with E-state index >= 15 is 0 Å². The monoisotopic (exact) mass is 395 g/mol. The Morgan fingerprint density at radius 3 is 2.57 bits per heavy atom. The lowest BCUT2D eigenvalue weighted by Gasteiger charge is -2.13. The van der Waals surface area contributed by atoms with Crippen molar-refractivity contribution < 1.29 is 26.7 Å². The van der Waals surface area contributed by atoms with Gasteiger partial charge in [-0.15, -0.1) is 0 Å². The lowest BCUT2D eigenvalue weighted by atomic mass is 10.1. The van der Waals surface area contributed by atoms with E-state index in [0.29, 0.717) is 24.8 Å². The fourth-order valence-electron chi connectivity index (χ4n) is 2.83. The number of halogens is 5. The molecule has 2 aromatic heterocycles. The van der Waals surface area contributed by atoms with Crippen LogP contribution in [-0.4, -0.2) is 32.2 Å². The van der Waals surface area contributed by atoms with Crippen LogP contribution in [0.5, 0.6) is 0 Å². The molecule has 3 heterocycles. The van der Waals surface area contributed by atoms with Crippen LogP contribution in [-0.2, 0) is 12.7 Å². The van der Waals surface area contributed by atoms with Gasteiger partial charge in [0.2, 0.25) is 0 Å². The molecule has 6 nitrogen and oxygen atoms in total. The summed E-state index contributed by atoms with van der Waals surface area (Å²) in [7, 11) is 0. The molecule has 0 saturated carbocycles. The minimum atomic E-state index is -5.00. The number of fused-ring (bicyclic) bond motifs is 1. The molecule has 1 aliphatic heterocycles. The number of alkyl halides is 3. The quantitative estimate of drug-likeness (QED) is 0.677. The molecule has 28 heavy (non-hydrogen) atoms. The standard InChI is InChI=1S/C17H10F5N5O/c18-10-6-11(19)9(17(20,21)22)5-8(10)15-23-2-1-12(25-15)13-7-14-16(28)24-3-4-27(14)26-13/h1-2,5-7H,3-4H2,(H,24,28). The molecular weight excluding hydrogens is 385 g/mol. The molecule has 0 atom stereocenters. The summed E-state index contributed by atoms with van der Waals surface area (Å²) in [5, 5.41) is 6.88. The second-order valence-corrected chi connectivity index (χ2v) is 5.97. The van der Waals surface area contributed by atoms with Crippen molar-refractivity contribution in [1.29, 1.82) is 0 Å². The first-order valence-corrected chi connectivity index (χ1v) is 8.00. The number of aromatic nitrogens is 4. The van der Waals surface area contributed by atoms with Gasteiger partial charge in [-0.2, -0.15) is 18.3 Å². The van der Waals surface area contributed by atoms with Crippen LogP contribution in [0, 0.1) is 11.6 Å².